The van der Waals surface area contributed by atoms with Crippen LogP contribution in [0.4, 0.5) is 0 Å². The van der Waals surface area contributed by atoms with Gasteiger partial charge in [0, 0.05) is 0 Å². The fraction of sp³-hybridized carbons (Fsp3) is 0.500. The van der Waals surface area contributed by atoms with E-state index in [0.717, 1.165) is 31.6 Å². The van der Waals surface area contributed by atoms with Crippen molar-refractivity contribution in [2.45, 2.75) is 32.3 Å². The minimum absolute atomic E-state index is 0.188. The van der Waals surface area contributed by atoms with Crippen LogP contribution in [0.5, 0.6) is 5.75 Å². The van der Waals surface area contributed by atoms with Gasteiger partial charge in [-0.2, -0.15) is 0 Å². The van der Waals surface area contributed by atoms with Gasteiger partial charge < -0.3 is 9.84 Å². The molecule has 14 heavy (non-hydrogen) atoms. The van der Waals surface area contributed by atoms with Crippen LogP contribution >= 0.6 is 0 Å². The highest BCUT2D eigenvalue weighted by molar-refractivity contribution is 5.20. The minimum atomic E-state index is -0.188. The van der Waals surface area contributed by atoms with Gasteiger partial charge in [0.2, 0.25) is 0 Å². The summed E-state index contributed by atoms with van der Waals surface area (Å²) in [7, 11) is 0. The number of hydrogen-bond acceptors (Lipinski definition) is 2. The summed E-state index contributed by atoms with van der Waals surface area (Å²) in [5.74, 6) is 0.921. The standard InChI is InChI=1S/C12H18O2/c1-11(13)7-5-6-10-14-12-8-3-2-4-9-12/h2-4,8-9,11,13H,5-7,10H2,1H3. The Kier molecular flexibility index (Phi) is 5.08. The van der Waals surface area contributed by atoms with Crippen LogP contribution in [0.1, 0.15) is 26.2 Å². The number of rotatable bonds is 6. The summed E-state index contributed by atoms with van der Waals surface area (Å²) in [4.78, 5) is 0. The zero-order chi connectivity index (χ0) is 10.2. The first-order valence-electron chi connectivity index (χ1n) is 5.15. The summed E-state index contributed by atoms with van der Waals surface area (Å²) in [5.41, 5.74) is 0. The maximum absolute atomic E-state index is 9.03. The van der Waals surface area contributed by atoms with Gasteiger partial charge >= 0.3 is 0 Å². The SMILES string of the molecule is CC(O)CCCCOc1ccccc1. The molecule has 1 rings (SSSR count). The molecule has 0 fully saturated rings. The molecule has 2 heteroatoms. The van der Waals surface area contributed by atoms with Crippen LogP contribution in [-0.2, 0) is 0 Å². The van der Waals surface area contributed by atoms with Crippen molar-refractivity contribution >= 4 is 0 Å². The van der Waals surface area contributed by atoms with Crippen molar-refractivity contribution in [1.82, 2.24) is 0 Å². The minimum Gasteiger partial charge on any atom is -0.494 e. The second-order valence-corrected chi connectivity index (χ2v) is 3.51. The highest BCUT2D eigenvalue weighted by atomic mass is 16.5. The van der Waals surface area contributed by atoms with Gasteiger partial charge in [-0.05, 0) is 38.3 Å². The van der Waals surface area contributed by atoms with Crippen molar-refractivity contribution in [3.63, 3.8) is 0 Å². The number of unbranched alkanes of at least 4 members (excludes halogenated alkanes) is 1. The number of aliphatic hydroxyl groups excluding tert-OH is 1. The smallest absolute Gasteiger partial charge is 0.119 e. The van der Waals surface area contributed by atoms with E-state index in [9.17, 15) is 0 Å². The van der Waals surface area contributed by atoms with Crippen LogP contribution in [-0.4, -0.2) is 17.8 Å². The number of para-hydroxylation sites is 1. The van der Waals surface area contributed by atoms with Gasteiger partial charge in [0.05, 0.1) is 12.7 Å². The Morgan fingerprint density at radius 3 is 2.57 bits per heavy atom. The molecule has 0 aliphatic carbocycles. The Hall–Kier alpha value is -1.02. The molecule has 1 atom stereocenters. The summed E-state index contributed by atoms with van der Waals surface area (Å²) in [5, 5.41) is 9.03. The normalized spacial score (nSPS) is 12.4. The molecule has 1 N–H and O–H groups in total. The third kappa shape index (κ3) is 4.87. The zero-order valence-electron chi connectivity index (χ0n) is 8.65. The van der Waals surface area contributed by atoms with E-state index in [1.807, 2.05) is 37.3 Å². The maximum Gasteiger partial charge on any atom is 0.119 e. The summed E-state index contributed by atoms with van der Waals surface area (Å²) >= 11 is 0. The first kappa shape index (κ1) is 11.1. The van der Waals surface area contributed by atoms with Crippen LogP contribution in [0.3, 0.4) is 0 Å². The van der Waals surface area contributed by atoms with Crippen molar-refractivity contribution in [3.05, 3.63) is 30.3 Å². The Balaban J connectivity index is 2.05. The summed E-state index contributed by atoms with van der Waals surface area (Å²) in [6, 6.07) is 9.81. The fourth-order valence-corrected chi connectivity index (χ4v) is 1.25. The van der Waals surface area contributed by atoms with E-state index < -0.39 is 0 Å². The molecule has 1 unspecified atom stereocenters. The highest BCUT2D eigenvalue weighted by Gasteiger charge is 1.96. The van der Waals surface area contributed by atoms with E-state index in [-0.39, 0.29) is 6.10 Å². The second-order valence-electron chi connectivity index (χ2n) is 3.51. The van der Waals surface area contributed by atoms with Crippen molar-refractivity contribution in [3.8, 4) is 5.75 Å². The van der Waals surface area contributed by atoms with Crippen LogP contribution in [0, 0.1) is 0 Å². The lowest BCUT2D eigenvalue weighted by Crippen LogP contribution is -2.02. The monoisotopic (exact) mass is 194 g/mol. The van der Waals surface area contributed by atoms with Crippen LogP contribution in [0.25, 0.3) is 0 Å². The lowest BCUT2D eigenvalue weighted by atomic mass is 10.2. The van der Waals surface area contributed by atoms with E-state index in [4.69, 9.17) is 9.84 Å². The molecule has 0 aromatic heterocycles. The number of benzene rings is 1. The van der Waals surface area contributed by atoms with Crippen molar-refractivity contribution in [2.24, 2.45) is 0 Å². The molecule has 78 valence electrons. The predicted molar refractivity (Wildman–Crippen MR) is 57.5 cm³/mol. The number of hydrogen-bond donors (Lipinski definition) is 1. The first-order valence-corrected chi connectivity index (χ1v) is 5.15. The Labute approximate surface area is 85.5 Å². The molecular weight excluding hydrogens is 176 g/mol. The Morgan fingerprint density at radius 2 is 1.93 bits per heavy atom. The molecule has 0 heterocycles. The lowest BCUT2D eigenvalue weighted by molar-refractivity contribution is 0.177. The van der Waals surface area contributed by atoms with Gasteiger partial charge in [-0.15, -0.1) is 0 Å². The van der Waals surface area contributed by atoms with E-state index in [1.165, 1.54) is 0 Å². The maximum atomic E-state index is 9.03. The summed E-state index contributed by atoms with van der Waals surface area (Å²) < 4.78 is 5.51. The van der Waals surface area contributed by atoms with Gasteiger partial charge in [0.15, 0.2) is 0 Å². The predicted octanol–water partition coefficient (Wildman–Crippen LogP) is 2.62. The summed E-state index contributed by atoms with van der Waals surface area (Å²) in [6.45, 7) is 2.55. The average molecular weight is 194 g/mol. The fourth-order valence-electron chi connectivity index (χ4n) is 1.25. The molecule has 0 radical (unpaired) electrons. The van der Waals surface area contributed by atoms with Crippen molar-refractivity contribution in [1.29, 1.82) is 0 Å². The van der Waals surface area contributed by atoms with E-state index in [2.05, 4.69) is 0 Å². The zero-order valence-corrected chi connectivity index (χ0v) is 8.65. The third-order valence-corrected chi connectivity index (χ3v) is 2.03. The summed E-state index contributed by atoms with van der Waals surface area (Å²) in [6.07, 6.45) is 2.69. The van der Waals surface area contributed by atoms with Gasteiger partial charge in [0.25, 0.3) is 0 Å². The molecule has 0 saturated carbocycles. The number of aliphatic hydroxyl groups is 1. The van der Waals surface area contributed by atoms with E-state index in [1.54, 1.807) is 0 Å². The molecule has 0 aliphatic heterocycles. The van der Waals surface area contributed by atoms with Gasteiger partial charge in [0.1, 0.15) is 5.75 Å². The van der Waals surface area contributed by atoms with Crippen molar-refractivity contribution in [2.75, 3.05) is 6.61 Å². The van der Waals surface area contributed by atoms with Crippen LogP contribution in [0.2, 0.25) is 0 Å². The first-order chi connectivity index (χ1) is 6.79. The molecule has 1 aromatic carbocycles. The molecule has 0 saturated heterocycles. The van der Waals surface area contributed by atoms with Gasteiger partial charge in [-0.3, -0.25) is 0 Å². The third-order valence-electron chi connectivity index (χ3n) is 2.03. The van der Waals surface area contributed by atoms with E-state index >= 15 is 0 Å². The topological polar surface area (TPSA) is 29.5 Å². The Bertz CT molecular complexity index is 231. The second kappa shape index (κ2) is 6.44. The van der Waals surface area contributed by atoms with Gasteiger partial charge in [-0.1, -0.05) is 18.2 Å². The molecular formula is C12H18O2. The van der Waals surface area contributed by atoms with Crippen LogP contribution < -0.4 is 4.74 Å². The Morgan fingerprint density at radius 1 is 1.21 bits per heavy atom. The van der Waals surface area contributed by atoms with Crippen LogP contribution in [0.15, 0.2) is 30.3 Å². The van der Waals surface area contributed by atoms with Gasteiger partial charge in [-0.25, -0.2) is 0 Å². The molecule has 0 aliphatic rings. The highest BCUT2D eigenvalue weighted by Crippen LogP contribution is 2.09. The lowest BCUT2D eigenvalue weighted by Gasteiger charge is -2.06. The molecule has 0 bridgehead atoms. The number of ether oxygens (including phenoxy) is 1. The quantitative estimate of drug-likeness (QED) is 0.705. The molecule has 1 aromatic rings. The van der Waals surface area contributed by atoms with Crippen molar-refractivity contribution < 1.29 is 9.84 Å². The molecule has 0 spiro atoms. The molecule has 0 amide bonds. The molecule has 2 nitrogen and oxygen atoms in total. The van der Waals surface area contributed by atoms with E-state index in [0.29, 0.717) is 0 Å². The largest absolute Gasteiger partial charge is 0.494 e. The average Bonchev–Trinajstić information content (AvgIpc) is 2.18.